The number of hydrazone groups is 1. The van der Waals surface area contributed by atoms with Crippen LogP contribution >= 0.6 is 0 Å². The van der Waals surface area contributed by atoms with Gasteiger partial charge in [-0.15, -0.1) is 0 Å². The van der Waals surface area contributed by atoms with E-state index in [1.165, 1.54) is 7.11 Å². The molecule has 3 aromatic carbocycles. The van der Waals surface area contributed by atoms with Crippen molar-refractivity contribution in [1.82, 2.24) is 9.99 Å². The maximum atomic E-state index is 12.6. The molecule has 0 saturated carbocycles. The van der Waals surface area contributed by atoms with Gasteiger partial charge < -0.3 is 18.5 Å². The number of benzene rings is 3. The Kier molecular flexibility index (Phi) is 6.23. The van der Waals surface area contributed by atoms with Gasteiger partial charge >= 0.3 is 11.9 Å². The largest absolute Gasteiger partial charge is 0.493 e. The molecule has 8 nitrogen and oxygen atoms in total. The number of methoxy groups -OCH3 is 2. The summed E-state index contributed by atoms with van der Waals surface area (Å²) in [7, 11) is 2.91. The van der Waals surface area contributed by atoms with Gasteiger partial charge in [0.05, 0.1) is 26.0 Å². The minimum Gasteiger partial charge on any atom is -0.493 e. The third kappa shape index (κ3) is 4.44. The van der Waals surface area contributed by atoms with Crippen molar-refractivity contribution >= 4 is 40.0 Å². The molecule has 5 aromatic rings. The second-order valence-electron chi connectivity index (χ2n) is 8.11. The van der Waals surface area contributed by atoms with Gasteiger partial charge in [0, 0.05) is 34.6 Å². The maximum Gasteiger partial charge on any atom is 0.337 e. The third-order valence-electron chi connectivity index (χ3n) is 5.84. The number of hydrogen-bond donors (Lipinski definition) is 1. The highest BCUT2D eigenvalue weighted by molar-refractivity contribution is 6.01. The zero-order valence-electron chi connectivity index (χ0n) is 19.7. The molecule has 0 aliphatic heterocycles. The third-order valence-corrected chi connectivity index (χ3v) is 5.84. The van der Waals surface area contributed by atoms with Gasteiger partial charge in [0.1, 0.15) is 0 Å². The van der Waals surface area contributed by atoms with Gasteiger partial charge in [-0.05, 0) is 35.9 Å². The molecule has 0 aliphatic rings. The van der Waals surface area contributed by atoms with Crippen LogP contribution in [0.5, 0.6) is 5.75 Å². The molecule has 0 atom stereocenters. The van der Waals surface area contributed by atoms with Gasteiger partial charge in [0.15, 0.2) is 17.1 Å². The first kappa shape index (κ1) is 22.9. The Morgan fingerprint density at radius 2 is 1.86 bits per heavy atom. The lowest BCUT2D eigenvalue weighted by molar-refractivity contribution is 0.0600. The van der Waals surface area contributed by atoms with E-state index >= 15 is 0 Å². The molecule has 1 amide bonds. The summed E-state index contributed by atoms with van der Waals surface area (Å²) in [5, 5.41) is 5.91. The molecule has 2 aromatic heterocycles. The summed E-state index contributed by atoms with van der Waals surface area (Å²) in [6.45, 7) is 0.548. The number of hydrogen-bond acceptors (Lipinski definition) is 6. The number of carbonyl (C=O) groups is 2. The molecule has 0 saturated heterocycles. The number of para-hydroxylation sites is 2. The average molecular weight is 482 g/mol. The van der Waals surface area contributed by atoms with E-state index in [0.717, 1.165) is 27.4 Å². The number of furan rings is 1. The van der Waals surface area contributed by atoms with Crippen LogP contribution in [0.15, 0.2) is 88.5 Å². The Labute approximate surface area is 206 Å². The molecule has 0 fully saturated rings. The lowest BCUT2D eigenvalue weighted by Crippen LogP contribution is -2.16. The van der Waals surface area contributed by atoms with Crippen LogP contribution in [0.25, 0.3) is 21.9 Å². The van der Waals surface area contributed by atoms with Crippen LogP contribution in [-0.4, -0.2) is 36.9 Å². The Morgan fingerprint density at radius 1 is 1.03 bits per heavy atom. The Bertz CT molecular complexity index is 1610. The first-order chi connectivity index (χ1) is 17.6. The molecule has 5 rings (SSSR count). The molecule has 0 unspecified atom stereocenters. The van der Waals surface area contributed by atoms with Gasteiger partial charge in [0.25, 0.3) is 0 Å². The Hall–Kier alpha value is -4.85. The van der Waals surface area contributed by atoms with Crippen molar-refractivity contribution in [2.75, 3.05) is 14.2 Å². The molecule has 0 aliphatic carbocycles. The number of rotatable bonds is 7. The SMILES string of the molecule is COC(=O)c1cccc(Cn2cc(/C=N\NC(=O)c3cc4cccc(OC)c4o3)c3ccccc32)c1. The number of fused-ring (bicyclic) bond motifs is 2. The maximum absolute atomic E-state index is 12.6. The van der Waals surface area contributed by atoms with Crippen LogP contribution in [-0.2, 0) is 11.3 Å². The number of carbonyl (C=O) groups excluding carboxylic acids is 2. The molecule has 8 heteroatoms. The first-order valence-corrected chi connectivity index (χ1v) is 11.2. The molecule has 0 bridgehead atoms. The van der Waals surface area contributed by atoms with E-state index in [9.17, 15) is 9.59 Å². The quantitative estimate of drug-likeness (QED) is 0.201. The van der Waals surface area contributed by atoms with Crippen molar-refractivity contribution in [3.05, 3.63) is 101 Å². The van der Waals surface area contributed by atoms with E-state index in [1.807, 2.05) is 60.8 Å². The van der Waals surface area contributed by atoms with Crippen LogP contribution in [0.2, 0.25) is 0 Å². The molecular weight excluding hydrogens is 458 g/mol. The lowest BCUT2D eigenvalue weighted by Gasteiger charge is -2.07. The van der Waals surface area contributed by atoms with Crippen molar-refractivity contribution in [3.8, 4) is 5.75 Å². The average Bonchev–Trinajstić information content (AvgIpc) is 3.50. The van der Waals surface area contributed by atoms with Crippen LogP contribution in [0, 0.1) is 0 Å². The van der Waals surface area contributed by atoms with Crippen molar-refractivity contribution in [1.29, 1.82) is 0 Å². The summed E-state index contributed by atoms with van der Waals surface area (Å²) in [5.41, 5.74) is 6.33. The fourth-order valence-corrected chi connectivity index (χ4v) is 4.14. The highest BCUT2D eigenvalue weighted by atomic mass is 16.5. The van der Waals surface area contributed by atoms with Gasteiger partial charge in [-0.25, -0.2) is 10.2 Å². The minimum atomic E-state index is -0.465. The van der Waals surface area contributed by atoms with Gasteiger partial charge in [-0.2, -0.15) is 5.10 Å². The summed E-state index contributed by atoms with van der Waals surface area (Å²) < 4.78 is 17.9. The molecule has 1 N–H and O–H groups in total. The Balaban J connectivity index is 1.37. The number of ether oxygens (including phenoxy) is 2. The predicted molar refractivity (Wildman–Crippen MR) is 137 cm³/mol. The summed E-state index contributed by atoms with van der Waals surface area (Å²) >= 11 is 0. The summed E-state index contributed by atoms with van der Waals surface area (Å²) in [6, 6.07) is 22.3. The van der Waals surface area contributed by atoms with E-state index < -0.39 is 5.91 Å². The van der Waals surface area contributed by atoms with E-state index in [1.54, 1.807) is 31.5 Å². The van der Waals surface area contributed by atoms with Crippen molar-refractivity contribution < 1.29 is 23.5 Å². The molecule has 0 spiro atoms. The highest BCUT2D eigenvalue weighted by Crippen LogP contribution is 2.28. The number of aromatic nitrogens is 1. The zero-order chi connectivity index (χ0) is 25.1. The molecule has 2 heterocycles. The van der Waals surface area contributed by atoms with Crippen LogP contribution in [0.4, 0.5) is 0 Å². The number of esters is 1. The highest BCUT2D eigenvalue weighted by Gasteiger charge is 2.15. The minimum absolute atomic E-state index is 0.138. The summed E-state index contributed by atoms with van der Waals surface area (Å²) in [4.78, 5) is 24.5. The van der Waals surface area contributed by atoms with Crippen LogP contribution in [0.1, 0.15) is 32.0 Å². The number of nitrogens with zero attached hydrogens (tertiary/aromatic N) is 2. The van der Waals surface area contributed by atoms with E-state index in [-0.39, 0.29) is 11.7 Å². The monoisotopic (exact) mass is 481 g/mol. The zero-order valence-corrected chi connectivity index (χ0v) is 19.7. The topological polar surface area (TPSA) is 95.1 Å². The lowest BCUT2D eigenvalue weighted by atomic mass is 10.1. The Morgan fingerprint density at radius 3 is 2.69 bits per heavy atom. The summed E-state index contributed by atoms with van der Waals surface area (Å²) in [6.07, 6.45) is 3.56. The first-order valence-electron chi connectivity index (χ1n) is 11.2. The van der Waals surface area contributed by atoms with Crippen molar-refractivity contribution in [2.24, 2.45) is 5.10 Å². The van der Waals surface area contributed by atoms with Crippen molar-refractivity contribution in [3.63, 3.8) is 0 Å². The number of amides is 1. The van der Waals surface area contributed by atoms with Crippen LogP contribution in [0.3, 0.4) is 0 Å². The standard InChI is InChI=1S/C28H23N3O5/c1-34-24-12-6-8-19-14-25(36-26(19)24)27(32)30-29-15-21-17-31(23-11-4-3-10-22(21)23)16-18-7-5-9-20(13-18)28(33)35-2/h3-15,17H,16H2,1-2H3,(H,30,32)/b29-15-. The summed E-state index contributed by atoms with van der Waals surface area (Å²) in [5.74, 6) is -0.145. The van der Waals surface area contributed by atoms with E-state index in [2.05, 4.69) is 15.1 Å². The normalized spacial score (nSPS) is 11.3. The van der Waals surface area contributed by atoms with E-state index in [4.69, 9.17) is 13.9 Å². The molecule has 0 radical (unpaired) electrons. The second-order valence-corrected chi connectivity index (χ2v) is 8.11. The van der Waals surface area contributed by atoms with Gasteiger partial charge in [-0.3, -0.25) is 4.79 Å². The molecular formula is C28H23N3O5. The molecule has 36 heavy (non-hydrogen) atoms. The fourth-order valence-electron chi connectivity index (χ4n) is 4.14. The number of nitrogens with one attached hydrogen (secondary N) is 1. The molecule has 180 valence electrons. The van der Waals surface area contributed by atoms with E-state index in [0.29, 0.717) is 23.4 Å². The second kappa shape index (κ2) is 9.79. The fraction of sp³-hybridized carbons (Fsp3) is 0.107. The van der Waals surface area contributed by atoms with Gasteiger partial charge in [0.2, 0.25) is 0 Å². The van der Waals surface area contributed by atoms with Gasteiger partial charge in [-0.1, -0.05) is 42.5 Å². The van der Waals surface area contributed by atoms with Crippen LogP contribution < -0.4 is 10.2 Å². The predicted octanol–water partition coefficient (Wildman–Crippen LogP) is 4.99. The smallest absolute Gasteiger partial charge is 0.337 e. The van der Waals surface area contributed by atoms with Crippen molar-refractivity contribution in [2.45, 2.75) is 6.54 Å².